The molecule has 0 radical (unpaired) electrons. The molecule has 2 atom stereocenters. The first-order chi connectivity index (χ1) is 11.7. The molecule has 1 aliphatic carbocycles. The van der Waals surface area contributed by atoms with Gasteiger partial charge in [-0.15, -0.1) is 11.3 Å². The molecule has 1 saturated heterocycles. The molecule has 24 heavy (non-hydrogen) atoms. The zero-order valence-electron chi connectivity index (χ0n) is 14.2. The van der Waals surface area contributed by atoms with Gasteiger partial charge in [0.2, 0.25) is 0 Å². The van der Waals surface area contributed by atoms with Crippen molar-refractivity contribution in [3.63, 3.8) is 0 Å². The number of nitrogens with one attached hydrogen (secondary N) is 1. The number of amides is 1. The second kappa shape index (κ2) is 8.12. The maximum absolute atomic E-state index is 12.3. The summed E-state index contributed by atoms with van der Waals surface area (Å²) in [5.41, 5.74) is 0. The van der Waals surface area contributed by atoms with Crippen molar-refractivity contribution in [2.45, 2.75) is 50.6 Å². The number of thiophene rings is 1. The highest BCUT2D eigenvalue weighted by molar-refractivity contribution is 7.12. The maximum atomic E-state index is 12.3. The maximum Gasteiger partial charge on any atom is 0.323 e. The van der Waals surface area contributed by atoms with Gasteiger partial charge in [0.1, 0.15) is 6.04 Å². The monoisotopic (exact) mass is 350 g/mol. The fraction of sp³-hybridized carbons (Fsp3) is 0.667. The Hall–Kier alpha value is -1.40. The normalized spacial score (nSPS) is 25.5. The van der Waals surface area contributed by atoms with Gasteiger partial charge in [0.15, 0.2) is 0 Å². The number of hydrogen-bond donors (Lipinski definition) is 1. The molecule has 5 nitrogen and oxygen atoms in total. The van der Waals surface area contributed by atoms with Crippen molar-refractivity contribution in [2.24, 2.45) is 5.92 Å². The van der Waals surface area contributed by atoms with Crippen LogP contribution in [0.15, 0.2) is 17.5 Å². The van der Waals surface area contributed by atoms with Crippen molar-refractivity contribution in [3.8, 4) is 0 Å². The van der Waals surface area contributed by atoms with Crippen molar-refractivity contribution < 1.29 is 14.3 Å². The van der Waals surface area contributed by atoms with Crippen LogP contribution in [0.4, 0.5) is 0 Å². The quantitative estimate of drug-likeness (QED) is 0.830. The third-order valence-electron chi connectivity index (χ3n) is 5.17. The SMILES string of the molecule is COC(=O)[C@@H]1C[C@@H](NC(=O)c2cccs2)CN1CC1CCCCC1. The summed E-state index contributed by atoms with van der Waals surface area (Å²) < 4.78 is 4.99. The van der Waals surface area contributed by atoms with Crippen LogP contribution >= 0.6 is 11.3 Å². The number of methoxy groups -OCH3 is 1. The van der Waals surface area contributed by atoms with Crippen LogP contribution in [0.25, 0.3) is 0 Å². The molecule has 1 aromatic rings. The Kier molecular flexibility index (Phi) is 5.89. The third-order valence-corrected chi connectivity index (χ3v) is 6.04. The van der Waals surface area contributed by atoms with Crippen molar-refractivity contribution >= 4 is 23.2 Å². The minimum atomic E-state index is -0.231. The molecule has 0 unspecified atom stereocenters. The Labute approximate surface area is 147 Å². The number of nitrogens with zero attached hydrogens (tertiary/aromatic N) is 1. The van der Waals surface area contributed by atoms with Crippen LogP contribution in [0.2, 0.25) is 0 Å². The van der Waals surface area contributed by atoms with E-state index in [1.54, 1.807) is 0 Å². The van der Waals surface area contributed by atoms with Gasteiger partial charge in [-0.25, -0.2) is 0 Å². The second-order valence-electron chi connectivity index (χ2n) is 6.88. The first-order valence-electron chi connectivity index (χ1n) is 8.83. The average Bonchev–Trinajstić information content (AvgIpc) is 3.25. The van der Waals surface area contributed by atoms with Gasteiger partial charge in [-0.05, 0) is 36.6 Å². The molecule has 6 heteroatoms. The molecule has 0 spiro atoms. The Morgan fingerprint density at radius 2 is 2.12 bits per heavy atom. The summed E-state index contributed by atoms with van der Waals surface area (Å²) in [5, 5.41) is 4.98. The van der Waals surface area contributed by atoms with Crippen LogP contribution < -0.4 is 5.32 Å². The standard InChI is InChI=1S/C18H26N2O3S/c1-23-18(22)15-10-14(19-17(21)16-8-5-9-24-16)12-20(15)11-13-6-3-2-4-7-13/h5,8-9,13-15H,2-4,6-7,10-12H2,1H3,(H,19,21)/t14-,15+/m1/s1. The number of carbonyl (C=O) groups is 2. The van der Waals surface area contributed by atoms with E-state index >= 15 is 0 Å². The molecule has 1 aliphatic heterocycles. The summed E-state index contributed by atoms with van der Waals surface area (Å²) in [7, 11) is 1.44. The van der Waals surface area contributed by atoms with E-state index in [1.807, 2.05) is 17.5 Å². The number of likely N-dealkylation sites (tertiary alicyclic amines) is 1. The smallest absolute Gasteiger partial charge is 0.323 e. The average molecular weight is 350 g/mol. The lowest BCUT2D eigenvalue weighted by Crippen LogP contribution is -2.41. The van der Waals surface area contributed by atoms with E-state index in [-0.39, 0.29) is 24.0 Å². The number of ether oxygens (including phenoxy) is 1. The van der Waals surface area contributed by atoms with E-state index < -0.39 is 0 Å². The predicted molar refractivity (Wildman–Crippen MR) is 94.1 cm³/mol. The molecule has 2 heterocycles. The molecule has 2 fully saturated rings. The van der Waals surface area contributed by atoms with Crippen molar-refractivity contribution in [1.82, 2.24) is 10.2 Å². The minimum absolute atomic E-state index is 0.00675. The second-order valence-corrected chi connectivity index (χ2v) is 7.83. The first-order valence-corrected chi connectivity index (χ1v) is 9.71. The van der Waals surface area contributed by atoms with Gasteiger partial charge >= 0.3 is 5.97 Å². The largest absolute Gasteiger partial charge is 0.468 e. The van der Waals surface area contributed by atoms with Crippen LogP contribution in [-0.4, -0.2) is 49.1 Å². The fourth-order valence-electron chi connectivity index (χ4n) is 3.96. The molecule has 1 saturated carbocycles. The topological polar surface area (TPSA) is 58.6 Å². The lowest BCUT2D eigenvalue weighted by molar-refractivity contribution is -0.146. The van der Waals surface area contributed by atoms with Gasteiger partial charge in [0.05, 0.1) is 12.0 Å². The highest BCUT2D eigenvalue weighted by atomic mass is 32.1. The van der Waals surface area contributed by atoms with Crippen LogP contribution in [0.5, 0.6) is 0 Å². The Balaban J connectivity index is 1.61. The molecular formula is C18H26N2O3S. The Morgan fingerprint density at radius 3 is 2.79 bits per heavy atom. The summed E-state index contributed by atoms with van der Waals surface area (Å²) in [6.45, 7) is 1.67. The summed E-state index contributed by atoms with van der Waals surface area (Å²) in [5.74, 6) is 0.439. The Bertz CT molecular complexity index is 555. The van der Waals surface area contributed by atoms with E-state index in [2.05, 4.69) is 10.2 Å². The summed E-state index contributed by atoms with van der Waals surface area (Å²) >= 11 is 1.44. The van der Waals surface area contributed by atoms with Crippen molar-refractivity contribution in [1.29, 1.82) is 0 Å². The van der Waals surface area contributed by atoms with Gasteiger partial charge < -0.3 is 10.1 Å². The van der Waals surface area contributed by atoms with Crippen LogP contribution in [0, 0.1) is 5.92 Å². The van der Waals surface area contributed by atoms with Gasteiger partial charge in [0, 0.05) is 19.1 Å². The van der Waals surface area contributed by atoms with E-state index in [4.69, 9.17) is 4.74 Å². The lowest BCUT2D eigenvalue weighted by atomic mass is 9.89. The summed E-state index contributed by atoms with van der Waals surface area (Å²) in [6, 6.07) is 3.48. The van der Waals surface area contributed by atoms with E-state index in [1.165, 1.54) is 50.6 Å². The van der Waals surface area contributed by atoms with Crippen LogP contribution in [0.3, 0.4) is 0 Å². The fourth-order valence-corrected chi connectivity index (χ4v) is 4.58. The van der Waals surface area contributed by atoms with Crippen LogP contribution in [0.1, 0.15) is 48.2 Å². The van der Waals surface area contributed by atoms with Gasteiger partial charge in [-0.2, -0.15) is 0 Å². The molecule has 132 valence electrons. The molecule has 2 aliphatic rings. The lowest BCUT2D eigenvalue weighted by Gasteiger charge is -2.29. The molecule has 0 aromatic carbocycles. The number of esters is 1. The third kappa shape index (κ3) is 4.16. The predicted octanol–water partition coefficient (Wildman–Crippen LogP) is 2.67. The summed E-state index contributed by atoms with van der Waals surface area (Å²) in [6.07, 6.45) is 7.04. The zero-order valence-corrected chi connectivity index (χ0v) is 15.0. The highest BCUT2D eigenvalue weighted by Crippen LogP contribution is 2.28. The van der Waals surface area contributed by atoms with Gasteiger partial charge in [-0.1, -0.05) is 25.3 Å². The first kappa shape index (κ1) is 17.4. The number of rotatable bonds is 5. The molecule has 1 N–H and O–H groups in total. The molecule has 3 rings (SSSR count). The van der Waals surface area contributed by atoms with E-state index in [9.17, 15) is 9.59 Å². The molecule has 1 amide bonds. The molecule has 1 aromatic heterocycles. The van der Waals surface area contributed by atoms with E-state index in [0.717, 1.165) is 18.0 Å². The van der Waals surface area contributed by atoms with Gasteiger partial charge in [0.25, 0.3) is 5.91 Å². The number of carbonyl (C=O) groups excluding carboxylic acids is 2. The van der Waals surface area contributed by atoms with Gasteiger partial charge in [-0.3, -0.25) is 14.5 Å². The molecular weight excluding hydrogens is 324 g/mol. The Morgan fingerprint density at radius 1 is 1.33 bits per heavy atom. The zero-order chi connectivity index (χ0) is 16.9. The highest BCUT2D eigenvalue weighted by Gasteiger charge is 2.39. The summed E-state index contributed by atoms with van der Waals surface area (Å²) in [4.78, 5) is 27.4. The van der Waals surface area contributed by atoms with Crippen LogP contribution in [-0.2, 0) is 9.53 Å². The number of hydrogen-bond acceptors (Lipinski definition) is 5. The van der Waals surface area contributed by atoms with Crippen molar-refractivity contribution in [2.75, 3.05) is 20.2 Å². The van der Waals surface area contributed by atoms with Crippen molar-refractivity contribution in [3.05, 3.63) is 22.4 Å². The molecule has 0 bridgehead atoms. The van der Waals surface area contributed by atoms with E-state index in [0.29, 0.717) is 12.3 Å². The minimum Gasteiger partial charge on any atom is -0.468 e.